The molecule has 1 aliphatic heterocycles. The monoisotopic (exact) mass is 446 g/mol. The minimum absolute atomic E-state index is 0.0593. The highest BCUT2D eigenvalue weighted by Crippen LogP contribution is 2.30. The van der Waals surface area contributed by atoms with Crippen molar-refractivity contribution in [2.75, 3.05) is 19.8 Å². The van der Waals surface area contributed by atoms with Gasteiger partial charge in [0.25, 0.3) is 5.91 Å². The Morgan fingerprint density at radius 1 is 1.14 bits per heavy atom. The number of carbonyl (C=O) groups excluding carboxylic acids is 1. The molecule has 4 rings (SSSR count). The lowest BCUT2D eigenvalue weighted by Gasteiger charge is -2.14. The van der Waals surface area contributed by atoms with Crippen LogP contribution in [0, 0.1) is 11.8 Å². The van der Waals surface area contributed by atoms with Crippen LogP contribution in [0.2, 0.25) is 0 Å². The Balaban J connectivity index is 1.49. The van der Waals surface area contributed by atoms with E-state index in [1.165, 1.54) is 38.5 Å². The first-order valence-corrected chi connectivity index (χ1v) is 11.6. The van der Waals surface area contributed by atoms with Gasteiger partial charge in [0.2, 0.25) is 0 Å². The molecular weight excluding hydrogens is 416 g/mol. The van der Waals surface area contributed by atoms with Gasteiger partial charge in [0, 0.05) is 47.9 Å². The Bertz CT molecular complexity index is 802. The van der Waals surface area contributed by atoms with Crippen molar-refractivity contribution in [1.29, 1.82) is 0 Å². The van der Waals surface area contributed by atoms with Crippen molar-refractivity contribution in [3.05, 3.63) is 34.4 Å². The zero-order valence-corrected chi connectivity index (χ0v) is 18.2. The summed E-state index contributed by atoms with van der Waals surface area (Å²) in [7, 11) is 0. The molecule has 1 N–H and O–H groups in total. The SMILES string of the molecule is O=C(NCC1CCCCCC1)c1cn(CCC2CCOC2)c2cccc(Br)c12. The molecule has 2 fully saturated rings. The fraction of sp³-hybridized carbons (Fsp3) is 0.609. The number of aromatic nitrogens is 1. The number of halogens is 1. The van der Waals surface area contributed by atoms with E-state index in [2.05, 4.69) is 37.9 Å². The number of amides is 1. The Morgan fingerprint density at radius 2 is 1.96 bits per heavy atom. The molecule has 1 amide bonds. The van der Waals surface area contributed by atoms with Crippen LogP contribution in [0.25, 0.3) is 10.9 Å². The van der Waals surface area contributed by atoms with Crippen molar-refractivity contribution in [2.24, 2.45) is 11.8 Å². The number of hydrogen-bond acceptors (Lipinski definition) is 2. The second-order valence-corrected chi connectivity index (χ2v) is 9.31. The maximum absolute atomic E-state index is 13.0. The maximum Gasteiger partial charge on any atom is 0.253 e. The van der Waals surface area contributed by atoms with E-state index in [1.54, 1.807) is 0 Å². The smallest absolute Gasteiger partial charge is 0.253 e. The summed E-state index contributed by atoms with van der Waals surface area (Å²) in [6, 6.07) is 6.20. The molecule has 1 atom stereocenters. The largest absolute Gasteiger partial charge is 0.381 e. The summed E-state index contributed by atoms with van der Waals surface area (Å²) in [5, 5.41) is 4.26. The van der Waals surface area contributed by atoms with Crippen LogP contribution in [0.4, 0.5) is 0 Å². The molecule has 2 aromatic rings. The average molecular weight is 447 g/mol. The number of hydrogen-bond donors (Lipinski definition) is 1. The van der Waals surface area contributed by atoms with E-state index >= 15 is 0 Å². The average Bonchev–Trinajstić information content (AvgIpc) is 3.27. The number of carbonyl (C=O) groups is 1. The fourth-order valence-corrected chi connectivity index (χ4v) is 5.27. The first kappa shape index (κ1) is 20.0. The van der Waals surface area contributed by atoms with E-state index in [1.807, 2.05) is 12.3 Å². The first-order valence-electron chi connectivity index (χ1n) is 10.9. The lowest BCUT2D eigenvalue weighted by molar-refractivity contribution is 0.0947. The summed E-state index contributed by atoms with van der Waals surface area (Å²) >= 11 is 3.67. The number of nitrogens with one attached hydrogen (secondary N) is 1. The lowest BCUT2D eigenvalue weighted by atomic mass is 10.0. The van der Waals surface area contributed by atoms with Crippen LogP contribution >= 0.6 is 15.9 Å². The van der Waals surface area contributed by atoms with Gasteiger partial charge in [-0.25, -0.2) is 0 Å². The van der Waals surface area contributed by atoms with Crippen LogP contribution in [-0.2, 0) is 11.3 Å². The predicted octanol–water partition coefficient (Wildman–Crippen LogP) is 5.53. The third-order valence-electron chi connectivity index (χ3n) is 6.43. The van der Waals surface area contributed by atoms with E-state index in [-0.39, 0.29) is 5.91 Å². The van der Waals surface area contributed by atoms with Crippen LogP contribution in [-0.4, -0.2) is 30.2 Å². The normalized spacial score (nSPS) is 21.1. The van der Waals surface area contributed by atoms with E-state index in [9.17, 15) is 4.79 Å². The minimum Gasteiger partial charge on any atom is -0.381 e. The van der Waals surface area contributed by atoms with Gasteiger partial charge in [-0.15, -0.1) is 0 Å². The molecule has 2 aliphatic rings. The Kier molecular flexibility index (Phi) is 6.73. The van der Waals surface area contributed by atoms with Gasteiger partial charge in [-0.2, -0.15) is 0 Å². The van der Waals surface area contributed by atoms with Crippen LogP contribution in [0.5, 0.6) is 0 Å². The Hall–Kier alpha value is -1.33. The molecule has 1 saturated carbocycles. The van der Waals surface area contributed by atoms with Crippen LogP contribution in [0.15, 0.2) is 28.9 Å². The molecule has 4 nitrogen and oxygen atoms in total. The maximum atomic E-state index is 13.0. The van der Waals surface area contributed by atoms with Crippen LogP contribution < -0.4 is 5.32 Å². The molecule has 0 spiro atoms. The zero-order valence-electron chi connectivity index (χ0n) is 16.6. The van der Waals surface area contributed by atoms with Gasteiger partial charge in [-0.3, -0.25) is 4.79 Å². The highest BCUT2D eigenvalue weighted by atomic mass is 79.9. The summed E-state index contributed by atoms with van der Waals surface area (Å²) in [4.78, 5) is 13.0. The number of fused-ring (bicyclic) bond motifs is 1. The lowest BCUT2D eigenvalue weighted by Crippen LogP contribution is -2.29. The molecule has 1 aliphatic carbocycles. The van der Waals surface area contributed by atoms with Crippen molar-refractivity contribution in [2.45, 2.75) is 57.9 Å². The molecule has 152 valence electrons. The molecule has 1 aromatic heterocycles. The molecule has 0 radical (unpaired) electrons. The first-order chi connectivity index (χ1) is 13.7. The van der Waals surface area contributed by atoms with Crippen LogP contribution in [0.1, 0.15) is 61.7 Å². The fourth-order valence-electron chi connectivity index (χ4n) is 4.70. The summed E-state index contributed by atoms with van der Waals surface area (Å²) in [6.45, 7) is 3.49. The Labute approximate surface area is 176 Å². The van der Waals surface area contributed by atoms with Gasteiger partial charge in [0.15, 0.2) is 0 Å². The van der Waals surface area contributed by atoms with E-state index < -0.39 is 0 Å². The molecule has 28 heavy (non-hydrogen) atoms. The van der Waals surface area contributed by atoms with Crippen LogP contribution in [0.3, 0.4) is 0 Å². The quantitative estimate of drug-likeness (QED) is 0.592. The van der Waals surface area contributed by atoms with Gasteiger partial charge >= 0.3 is 0 Å². The van der Waals surface area contributed by atoms with Gasteiger partial charge in [-0.1, -0.05) is 47.7 Å². The summed E-state index contributed by atoms with van der Waals surface area (Å²) < 4.78 is 8.76. The highest BCUT2D eigenvalue weighted by molar-refractivity contribution is 9.10. The predicted molar refractivity (Wildman–Crippen MR) is 117 cm³/mol. The van der Waals surface area contributed by atoms with Gasteiger partial charge in [0.05, 0.1) is 5.56 Å². The summed E-state index contributed by atoms with van der Waals surface area (Å²) in [5.41, 5.74) is 1.92. The molecule has 5 heteroatoms. The standard InChI is InChI=1S/C23H31BrN2O2/c24-20-8-5-9-21-22(20)19(15-26(21)12-10-18-11-13-28-16-18)23(27)25-14-17-6-3-1-2-4-7-17/h5,8-9,15,17-18H,1-4,6-7,10-14,16H2,(H,25,27). The van der Waals surface area contributed by atoms with E-state index in [0.29, 0.717) is 11.8 Å². The van der Waals surface area contributed by atoms with Gasteiger partial charge < -0.3 is 14.6 Å². The molecule has 1 aromatic carbocycles. The third kappa shape index (κ3) is 4.62. The van der Waals surface area contributed by atoms with Crippen molar-refractivity contribution in [3.63, 3.8) is 0 Å². The van der Waals surface area contributed by atoms with E-state index in [4.69, 9.17) is 4.74 Å². The summed E-state index contributed by atoms with van der Waals surface area (Å²) in [6.07, 6.45) is 12.1. The van der Waals surface area contributed by atoms with Crippen molar-refractivity contribution >= 4 is 32.7 Å². The number of ether oxygens (including phenoxy) is 1. The van der Waals surface area contributed by atoms with Crippen molar-refractivity contribution < 1.29 is 9.53 Å². The van der Waals surface area contributed by atoms with E-state index in [0.717, 1.165) is 60.1 Å². The number of rotatable bonds is 6. The molecule has 1 unspecified atom stereocenters. The molecule has 2 heterocycles. The summed E-state index contributed by atoms with van der Waals surface area (Å²) in [5.74, 6) is 1.33. The van der Waals surface area contributed by atoms with Gasteiger partial charge in [0.1, 0.15) is 0 Å². The molecule has 0 bridgehead atoms. The second kappa shape index (κ2) is 9.45. The molecular formula is C23H31BrN2O2. The van der Waals surface area contributed by atoms with Crippen molar-refractivity contribution in [1.82, 2.24) is 9.88 Å². The number of nitrogens with zero attached hydrogens (tertiary/aromatic N) is 1. The minimum atomic E-state index is 0.0593. The number of aryl methyl sites for hydroxylation is 1. The highest BCUT2D eigenvalue weighted by Gasteiger charge is 2.21. The molecule has 1 saturated heterocycles. The number of benzene rings is 1. The van der Waals surface area contributed by atoms with Gasteiger partial charge in [-0.05, 0) is 49.7 Å². The zero-order chi connectivity index (χ0) is 19.3. The third-order valence-corrected chi connectivity index (χ3v) is 7.09. The Morgan fingerprint density at radius 3 is 2.71 bits per heavy atom. The second-order valence-electron chi connectivity index (χ2n) is 8.46. The topological polar surface area (TPSA) is 43.3 Å². The van der Waals surface area contributed by atoms with Crippen molar-refractivity contribution in [3.8, 4) is 0 Å².